The van der Waals surface area contributed by atoms with Crippen molar-refractivity contribution >= 4 is 5.97 Å². The van der Waals surface area contributed by atoms with Crippen LogP contribution in [0.25, 0.3) is 0 Å². The number of nitrogens with zero attached hydrogens (tertiary/aromatic N) is 2. The Bertz CT molecular complexity index is 336. The Morgan fingerprint density at radius 2 is 2.38 bits per heavy atom. The van der Waals surface area contributed by atoms with E-state index >= 15 is 0 Å². The summed E-state index contributed by atoms with van der Waals surface area (Å²) in [6.07, 6.45) is 4.72. The molecule has 0 aliphatic rings. The van der Waals surface area contributed by atoms with Crippen LogP contribution in [0.1, 0.15) is 19.4 Å². The van der Waals surface area contributed by atoms with Gasteiger partial charge >= 0.3 is 5.97 Å². The van der Waals surface area contributed by atoms with Gasteiger partial charge in [-0.1, -0.05) is 13.8 Å². The van der Waals surface area contributed by atoms with Crippen LogP contribution in [0.15, 0.2) is 12.4 Å². The maximum atomic E-state index is 11.5. The molecule has 5 nitrogen and oxygen atoms in total. The summed E-state index contributed by atoms with van der Waals surface area (Å²) in [7, 11) is 1.40. The highest BCUT2D eigenvalue weighted by Gasteiger charge is 2.18. The zero-order valence-corrected chi connectivity index (χ0v) is 10.1. The van der Waals surface area contributed by atoms with Gasteiger partial charge in [0, 0.05) is 6.20 Å². The smallest absolute Gasteiger partial charge is 0.324 e. The Morgan fingerprint density at radius 1 is 1.62 bits per heavy atom. The molecule has 1 aromatic rings. The molecule has 0 saturated heterocycles. The molecule has 0 aliphatic heterocycles. The molecule has 1 atom stereocenters. The van der Waals surface area contributed by atoms with Crippen molar-refractivity contribution in [1.82, 2.24) is 15.1 Å². The number of esters is 1. The zero-order valence-electron chi connectivity index (χ0n) is 10.1. The van der Waals surface area contributed by atoms with Crippen molar-refractivity contribution in [3.05, 3.63) is 18.0 Å². The number of aryl methyl sites for hydroxylation is 1. The molecule has 1 heterocycles. The van der Waals surface area contributed by atoms with E-state index in [4.69, 9.17) is 4.74 Å². The Hall–Kier alpha value is -1.36. The van der Waals surface area contributed by atoms with Crippen LogP contribution in [0.5, 0.6) is 0 Å². The molecule has 1 rings (SSSR count). The lowest BCUT2D eigenvalue weighted by molar-refractivity contribution is -0.143. The highest BCUT2D eigenvalue weighted by molar-refractivity contribution is 5.75. The van der Waals surface area contributed by atoms with Crippen molar-refractivity contribution < 1.29 is 9.53 Å². The molecule has 1 N–H and O–H groups in total. The van der Waals surface area contributed by atoms with Gasteiger partial charge in [0.2, 0.25) is 0 Å². The molecular formula is C11H19N3O2. The second kappa shape index (κ2) is 6.27. The number of methoxy groups -OCH3 is 1. The van der Waals surface area contributed by atoms with Crippen molar-refractivity contribution in [2.45, 2.75) is 32.9 Å². The molecule has 0 spiro atoms. The summed E-state index contributed by atoms with van der Waals surface area (Å²) in [5.74, 6) is -0.254. The van der Waals surface area contributed by atoms with Gasteiger partial charge in [-0.25, -0.2) is 0 Å². The molecule has 0 aromatic carbocycles. The number of hydrogen-bond acceptors (Lipinski definition) is 4. The van der Waals surface area contributed by atoms with E-state index in [0.29, 0.717) is 6.54 Å². The van der Waals surface area contributed by atoms with Gasteiger partial charge in [-0.2, -0.15) is 5.10 Å². The maximum Gasteiger partial charge on any atom is 0.324 e. The van der Waals surface area contributed by atoms with Gasteiger partial charge in [-0.05, 0) is 18.5 Å². The molecule has 0 radical (unpaired) electrons. The standard InChI is InChI=1S/C11H19N3O2/c1-4-9-6-13-14(7-9)8-10(12-5-2)11(15)16-3/h6-7,10,12H,4-5,8H2,1-3H3. The molecule has 0 aliphatic carbocycles. The third kappa shape index (κ3) is 3.34. The molecule has 0 amide bonds. The zero-order chi connectivity index (χ0) is 12.0. The predicted molar refractivity (Wildman–Crippen MR) is 61.1 cm³/mol. The average molecular weight is 225 g/mol. The summed E-state index contributed by atoms with van der Waals surface area (Å²) in [4.78, 5) is 11.5. The van der Waals surface area contributed by atoms with Gasteiger partial charge in [-0.3, -0.25) is 9.48 Å². The Labute approximate surface area is 95.8 Å². The first-order valence-electron chi connectivity index (χ1n) is 5.53. The van der Waals surface area contributed by atoms with Gasteiger partial charge in [0.05, 0.1) is 19.9 Å². The quantitative estimate of drug-likeness (QED) is 0.720. The van der Waals surface area contributed by atoms with Crippen LogP contribution in [0.3, 0.4) is 0 Å². The lowest BCUT2D eigenvalue weighted by Gasteiger charge is -2.15. The molecule has 0 saturated carbocycles. The van der Waals surface area contributed by atoms with Gasteiger partial charge in [-0.15, -0.1) is 0 Å². The number of hydrogen-bond donors (Lipinski definition) is 1. The summed E-state index contributed by atoms with van der Waals surface area (Å²) in [5, 5.41) is 7.27. The first kappa shape index (κ1) is 12.7. The monoisotopic (exact) mass is 225 g/mol. The number of nitrogens with one attached hydrogen (secondary N) is 1. The molecule has 16 heavy (non-hydrogen) atoms. The van der Waals surface area contributed by atoms with Gasteiger partial charge < -0.3 is 10.1 Å². The van der Waals surface area contributed by atoms with E-state index in [2.05, 4.69) is 17.3 Å². The first-order valence-corrected chi connectivity index (χ1v) is 5.53. The lowest BCUT2D eigenvalue weighted by atomic mass is 10.3. The van der Waals surface area contributed by atoms with E-state index < -0.39 is 0 Å². The number of rotatable bonds is 6. The van der Waals surface area contributed by atoms with Crippen molar-refractivity contribution in [2.75, 3.05) is 13.7 Å². The van der Waals surface area contributed by atoms with Crippen molar-refractivity contribution in [1.29, 1.82) is 0 Å². The third-order valence-electron chi connectivity index (χ3n) is 2.40. The minimum absolute atomic E-state index is 0.254. The Kier molecular flexibility index (Phi) is 4.98. The minimum atomic E-state index is -0.334. The van der Waals surface area contributed by atoms with E-state index in [1.54, 1.807) is 4.68 Å². The topological polar surface area (TPSA) is 56.2 Å². The molecule has 90 valence electrons. The average Bonchev–Trinajstić information content (AvgIpc) is 2.75. The lowest BCUT2D eigenvalue weighted by Crippen LogP contribution is -2.41. The fraction of sp³-hybridized carbons (Fsp3) is 0.636. The van der Waals surface area contributed by atoms with E-state index in [0.717, 1.165) is 13.0 Å². The fourth-order valence-corrected chi connectivity index (χ4v) is 1.49. The minimum Gasteiger partial charge on any atom is -0.468 e. The number of ether oxygens (including phenoxy) is 1. The summed E-state index contributed by atoms with van der Waals surface area (Å²) >= 11 is 0. The van der Waals surface area contributed by atoms with Crippen molar-refractivity contribution in [3.8, 4) is 0 Å². The van der Waals surface area contributed by atoms with E-state index in [1.165, 1.54) is 12.7 Å². The molecule has 5 heteroatoms. The first-order chi connectivity index (χ1) is 7.71. The van der Waals surface area contributed by atoms with E-state index in [1.807, 2.05) is 19.3 Å². The van der Waals surface area contributed by atoms with Crippen LogP contribution < -0.4 is 5.32 Å². The molecular weight excluding hydrogens is 206 g/mol. The Morgan fingerprint density at radius 3 is 2.88 bits per heavy atom. The Balaban J connectivity index is 2.63. The SMILES string of the molecule is CCNC(Cn1cc(CC)cn1)C(=O)OC. The van der Waals surface area contributed by atoms with Gasteiger partial charge in [0.15, 0.2) is 0 Å². The van der Waals surface area contributed by atoms with Crippen LogP contribution in [0, 0.1) is 0 Å². The fourth-order valence-electron chi connectivity index (χ4n) is 1.49. The third-order valence-corrected chi connectivity index (χ3v) is 2.40. The van der Waals surface area contributed by atoms with Crippen LogP contribution in [0.4, 0.5) is 0 Å². The summed E-state index contributed by atoms with van der Waals surface area (Å²) in [6.45, 7) is 5.25. The van der Waals surface area contributed by atoms with Gasteiger partial charge in [0.1, 0.15) is 6.04 Å². The van der Waals surface area contributed by atoms with E-state index in [9.17, 15) is 4.79 Å². The maximum absolute atomic E-state index is 11.5. The van der Waals surface area contributed by atoms with Crippen molar-refractivity contribution in [3.63, 3.8) is 0 Å². The molecule has 1 aromatic heterocycles. The number of aromatic nitrogens is 2. The summed E-state index contributed by atoms with van der Waals surface area (Å²) in [6, 6.07) is -0.334. The molecule has 1 unspecified atom stereocenters. The largest absolute Gasteiger partial charge is 0.468 e. The number of carbonyl (C=O) groups is 1. The molecule has 0 fully saturated rings. The van der Waals surface area contributed by atoms with Crippen LogP contribution in [0.2, 0.25) is 0 Å². The van der Waals surface area contributed by atoms with Crippen LogP contribution in [-0.4, -0.2) is 35.4 Å². The summed E-state index contributed by atoms with van der Waals surface area (Å²) in [5.41, 5.74) is 1.17. The predicted octanol–water partition coefficient (Wildman–Crippen LogP) is 0.597. The highest BCUT2D eigenvalue weighted by atomic mass is 16.5. The number of carbonyl (C=O) groups excluding carboxylic acids is 1. The van der Waals surface area contributed by atoms with Crippen molar-refractivity contribution in [2.24, 2.45) is 0 Å². The number of likely N-dealkylation sites (N-methyl/N-ethyl adjacent to an activating group) is 1. The van der Waals surface area contributed by atoms with E-state index in [-0.39, 0.29) is 12.0 Å². The van der Waals surface area contributed by atoms with Crippen LogP contribution in [-0.2, 0) is 22.5 Å². The summed E-state index contributed by atoms with van der Waals surface area (Å²) < 4.78 is 6.49. The van der Waals surface area contributed by atoms with Crippen LogP contribution >= 0.6 is 0 Å². The molecule has 0 bridgehead atoms. The second-order valence-corrected chi connectivity index (χ2v) is 3.56. The van der Waals surface area contributed by atoms with Gasteiger partial charge in [0.25, 0.3) is 0 Å². The highest BCUT2D eigenvalue weighted by Crippen LogP contribution is 2.00. The second-order valence-electron chi connectivity index (χ2n) is 3.56. The normalized spacial score (nSPS) is 12.4.